The second-order valence-corrected chi connectivity index (χ2v) is 5.77. The van der Waals surface area contributed by atoms with Crippen LogP contribution in [0.25, 0.3) is 0 Å². The summed E-state index contributed by atoms with van der Waals surface area (Å²) < 4.78 is 32.6. The van der Waals surface area contributed by atoms with E-state index in [9.17, 15) is 13.5 Å². The molecule has 1 saturated heterocycles. The number of phenolic OH excluding ortho intramolecular Hbond substituents is 1. The van der Waals surface area contributed by atoms with Crippen LogP contribution in [0.3, 0.4) is 0 Å². The third kappa shape index (κ3) is 2.68. The highest BCUT2D eigenvalue weighted by molar-refractivity contribution is 7.90. The van der Waals surface area contributed by atoms with Gasteiger partial charge in [0.25, 0.3) is 0 Å². The molecule has 1 aliphatic heterocycles. The number of rotatable bonds is 4. The summed E-state index contributed by atoms with van der Waals surface area (Å²) >= 11 is 0. The topological polar surface area (TPSA) is 78.9 Å². The van der Waals surface area contributed by atoms with Gasteiger partial charge in [-0.1, -0.05) is 0 Å². The number of methoxy groups -OCH3 is 1. The Morgan fingerprint density at radius 2 is 2.00 bits per heavy atom. The normalized spacial score (nSPS) is 16.7. The number of ether oxygens (including phenoxy) is 1. The third-order valence-corrected chi connectivity index (χ3v) is 4.37. The van der Waals surface area contributed by atoms with Crippen molar-refractivity contribution in [2.75, 3.05) is 24.9 Å². The molecular formula is C11H16N2O4S. The van der Waals surface area contributed by atoms with Gasteiger partial charge in [-0.3, -0.25) is 4.72 Å². The fraction of sp³-hybridized carbons (Fsp3) is 0.455. The minimum absolute atomic E-state index is 0.155. The van der Waals surface area contributed by atoms with Gasteiger partial charge in [0.1, 0.15) is 11.5 Å². The van der Waals surface area contributed by atoms with E-state index in [1.165, 1.54) is 23.5 Å². The number of anilines is 1. The highest BCUT2D eigenvalue weighted by Crippen LogP contribution is 2.29. The van der Waals surface area contributed by atoms with Crippen molar-refractivity contribution in [2.24, 2.45) is 0 Å². The summed E-state index contributed by atoms with van der Waals surface area (Å²) in [5.41, 5.74) is 0.155. The number of aromatic hydroxyl groups is 1. The van der Waals surface area contributed by atoms with Crippen molar-refractivity contribution in [3.05, 3.63) is 18.2 Å². The molecule has 0 atom stereocenters. The van der Waals surface area contributed by atoms with Crippen molar-refractivity contribution >= 4 is 15.9 Å². The predicted octanol–water partition coefficient (Wildman–Crippen LogP) is 1.15. The summed E-state index contributed by atoms with van der Waals surface area (Å²) in [6.07, 6.45) is 1.74. The van der Waals surface area contributed by atoms with Gasteiger partial charge in [-0.15, -0.1) is 0 Å². The Labute approximate surface area is 106 Å². The molecule has 0 aliphatic carbocycles. The van der Waals surface area contributed by atoms with Crippen LogP contribution in [0.15, 0.2) is 18.2 Å². The van der Waals surface area contributed by atoms with Crippen LogP contribution in [0.5, 0.6) is 11.5 Å². The van der Waals surface area contributed by atoms with E-state index in [4.69, 9.17) is 4.74 Å². The highest BCUT2D eigenvalue weighted by atomic mass is 32.2. The van der Waals surface area contributed by atoms with E-state index in [0.717, 1.165) is 12.8 Å². The van der Waals surface area contributed by atoms with Crippen LogP contribution in [0.4, 0.5) is 5.69 Å². The van der Waals surface area contributed by atoms with Gasteiger partial charge in [-0.2, -0.15) is 12.7 Å². The molecule has 100 valence electrons. The first-order valence-corrected chi connectivity index (χ1v) is 7.12. The zero-order valence-electron chi connectivity index (χ0n) is 10.1. The lowest BCUT2D eigenvalue weighted by Gasteiger charge is -2.17. The molecule has 1 aromatic carbocycles. The lowest BCUT2D eigenvalue weighted by molar-refractivity contribution is 0.408. The summed E-state index contributed by atoms with van der Waals surface area (Å²) in [5.74, 6) is 0.314. The quantitative estimate of drug-likeness (QED) is 0.806. The molecule has 0 spiro atoms. The van der Waals surface area contributed by atoms with Crippen molar-refractivity contribution in [1.29, 1.82) is 0 Å². The Morgan fingerprint density at radius 3 is 2.56 bits per heavy atom. The first-order chi connectivity index (χ1) is 8.53. The van der Waals surface area contributed by atoms with Crippen LogP contribution in [-0.2, 0) is 10.2 Å². The standard InChI is InChI=1S/C11H16N2O4S/c1-17-9-4-5-10(11(14)8-9)12-18(15,16)13-6-2-3-7-13/h4-5,8,12,14H,2-3,6-7H2,1H3. The van der Waals surface area contributed by atoms with Crippen molar-refractivity contribution in [1.82, 2.24) is 4.31 Å². The van der Waals surface area contributed by atoms with E-state index < -0.39 is 10.2 Å². The Kier molecular flexibility index (Phi) is 3.63. The molecule has 0 bridgehead atoms. The second kappa shape index (κ2) is 5.03. The van der Waals surface area contributed by atoms with Crippen LogP contribution >= 0.6 is 0 Å². The average Bonchev–Trinajstić information content (AvgIpc) is 2.86. The molecule has 2 N–H and O–H groups in total. The molecule has 1 fully saturated rings. The number of hydrogen-bond donors (Lipinski definition) is 2. The van der Waals surface area contributed by atoms with Crippen LogP contribution in [-0.4, -0.2) is 38.0 Å². The van der Waals surface area contributed by atoms with Gasteiger partial charge >= 0.3 is 10.2 Å². The lowest BCUT2D eigenvalue weighted by atomic mass is 10.3. The maximum atomic E-state index is 12.0. The Hall–Kier alpha value is -1.47. The van der Waals surface area contributed by atoms with Crippen molar-refractivity contribution in [3.63, 3.8) is 0 Å². The van der Waals surface area contributed by atoms with E-state index in [0.29, 0.717) is 18.8 Å². The molecule has 0 amide bonds. The van der Waals surface area contributed by atoms with Gasteiger partial charge < -0.3 is 9.84 Å². The number of nitrogens with zero attached hydrogens (tertiary/aromatic N) is 1. The van der Waals surface area contributed by atoms with E-state index in [1.807, 2.05) is 0 Å². The number of benzene rings is 1. The molecule has 1 heterocycles. The fourth-order valence-electron chi connectivity index (χ4n) is 1.86. The van der Waals surface area contributed by atoms with Gasteiger partial charge in [0.2, 0.25) is 0 Å². The van der Waals surface area contributed by atoms with E-state index in [-0.39, 0.29) is 11.4 Å². The fourth-order valence-corrected chi connectivity index (χ4v) is 3.18. The Balaban J connectivity index is 2.18. The number of phenols is 1. The summed E-state index contributed by atoms with van der Waals surface area (Å²) in [7, 11) is -2.10. The van der Waals surface area contributed by atoms with Gasteiger partial charge in [-0.05, 0) is 25.0 Å². The van der Waals surface area contributed by atoms with Crippen molar-refractivity contribution in [2.45, 2.75) is 12.8 Å². The van der Waals surface area contributed by atoms with Crippen LogP contribution < -0.4 is 9.46 Å². The summed E-state index contributed by atoms with van der Waals surface area (Å²) in [6.45, 7) is 1.04. The van der Waals surface area contributed by atoms with Gasteiger partial charge in [0.05, 0.1) is 12.8 Å². The minimum Gasteiger partial charge on any atom is -0.506 e. The van der Waals surface area contributed by atoms with Crippen LogP contribution in [0, 0.1) is 0 Å². The van der Waals surface area contributed by atoms with Crippen LogP contribution in [0.2, 0.25) is 0 Å². The zero-order chi connectivity index (χ0) is 13.2. The molecular weight excluding hydrogens is 256 g/mol. The van der Waals surface area contributed by atoms with E-state index in [2.05, 4.69) is 4.72 Å². The lowest BCUT2D eigenvalue weighted by Crippen LogP contribution is -2.33. The van der Waals surface area contributed by atoms with Gasteiger partial charge in [0, 0.05) is 19.2 Å². The van der Waals surface area contributed by atoms with Crippen molar-refractivity contribution in [3.8, 4) is 11.5 Å². The van der Waals surface area contributed by atoms with E-state index >= 15 is 0 Å². The van der Waals surface area contributed by atoms with Crippen molar-refractivity contribution < 1.29 is 18.3 Å². The highest BCUT2D eigenvalue weighted by Gasteiger charge is 2.25. The molecule has 7 heteroatoms. The maximum absolute atomic E-state index is 12.0. The van der Waals surface area contributed by atoms with E-state index in [1.54, 1.807) is 6.07 Å². The first kappa shape index (κ1) is 13.0. The molecule has 6 nitrogen and oxygen atoms in total. The molecule has 1 aliphatic rings. The SMILES string of the molecule is COc1ccc(NS(=O)(=O)N2CCCC2)c(O)c1. The van der Waals surface area contributed by atoms with Crippen LogP contribution in [0.1, 0.15) is 12.8 Å². The second-order valence-electron chi connectivity index (χ2n) is 4.10. The summed E-state index contributed by atoms with van der Waals surface area (Å²) in [6, 6.07) is 4.42. The molecule has 0 saturated carbocycles. The maximum Gasteiger partial charge on any atom is 0.301 e. The number of nitrogens with one attached hydrogen (secondary N) is 1. The Morgan fingerprint density at radius 1 is 1.33 bits per heavy atom. The molecule has 2 rings (SSSR count). The smallest absolute Gasteiger partial charge is 0.301 e. The molecule has 0 unspecified atom stereocenters. The monoisotopic (exact) mass is 272 g/mol. The Bertz CT molecular complexity index is 524. The van der Waals surface area contributed by atoms with Gasteiger partial charge in [-0.25, -0.2) is 0 Å². The molecule has 0 aromatic heterocycles. The minimum atomic E-state index is -3.57. The zero-order valence-corrected chi connectivity index (χ0v) is 10.9. The number of hydrogen-bond acceptors (Lipinski definition) is 4. The molecule has 1 aromatic rings. The molecule has 0 radical (unpaired) electrons. The summed E-state index contributed by atoms with van der Waals surface area (Å²) in [4.78, 5) is 0. The van der Waals surface area contributed by atoms with Gasteiger partial charge in [0.15, 0.2) is 0 Å². The third-order valence-electron chi connectivity index (χ3n) is 2.85. The average molecular weight is 272 g/mol. The largest absolute Gasteiger partial charge is 0.506 e. The first-order valence-electron chi connectivity index (χ1n) is 5.68. The summed E-state index contributed by atoms with van der Waals surface area (Å²) in [5, 5.41) is 9.70. The predicted molar refractivity (Wildman–Crippen MR) is 68.0 cm³/mol. The molecule has 18 heavy (non-hydrogen) atoms.